The van der Waals surface area contributed by atoms with Crippen LogP contribution in [-0.2, 0) is 14.3 Å². The fourth-order valence-corrected chi connectivity index (χ4v) is 5.05. The van der Waals surface area contributed by atoms with Crippen molar-refractivity contribution in [2.24, 2.45) is 11.7 Å². The number of methoxy groups -OCH3 is 1. The minimum atomic E-state index is -0.848. The molecule has 0 bridgehead atoms. The highest BCUT2D eigenvalue weighted by Crippen LogP contribution is 2.38. The zero-order valence-corrected chi connectivity index (χ0v) is 25.1. The minimum absolute atomic E-state index is 0.133. The van der Waals surface area contributed by atoms with Gasteiger partial charge in [0.15, 0.2) is 17.2 Å². The fourth-order valence-electron chi connectivity index (χ4n) is 4.77. The summed E-state index contributed by atoms with van der Waals surface area (Å²) in [5.41, 5.74) is 7.82. The smallest absolute Gasteiger partial charge is 0.407 e. The molecule has 0 spiro atoms. The van der Waals surface area contributed by atoms with E-state index in [0.29, 0.717) is 41.4 Å². The number of nitrogens with two attached hydrogens (primary N) is 1. The number of nitrogens with zero attached hydrogens (tertiary/aromatic N) is 7. The van der Waals surface area contributed by atoms with Crippen molar-refractivity contribution in [3.05, 3.63) is 34.6 Å². The van der Waals surface area contributed by atoms with Crippen molar-refractivity contribution in [3.8, 4) is 12.1 Å². The molecule has 1 aliphatic heterocycles. The number of imidazole rings is 1. The van der Waals surface area contributed by atoms with Crippen molar-refractivity contribution in [2.45, 2.75) is 57.3 Å². The number of piperidine rings is 1. The number of anilines is 4. The van der Waals surface area contributed by atoms with E-state index in [-0.39, 0.29) is 35.2 Å². The van der Waals surface area contributed by atoms with Gasteiger partial charge in [0, 0.05) is 12.6 Å². The standard InChI is InChI=1S/C28H32ClN11O4/c1-14(2)23(32)26(41)44-21-13-39(7-6-18(21)36-28(42)43-3)20-9-15(10-30)8-19(22(20)29)35-27-37-24(34-16-4-5-16)25-33-12-17(11-31)40(25)38-27/h8-9,12,14,16,18,21,23H,4-7,13,32H2,1-3H3,(H,36,42)(H2,34,35,37,38)/t18-,21-,23+/m0/s1. The molecule has 1 saturated heterocycles. The number of rotatable bonds is 9. The van der Waals surface area contributed by atoms with Gasteiger partial charge in [0.2, 0.25) is 5.95 Å². The highest BCUT2D eigenvalue weighted by atomic mass is 35.5. The Morgan fingerprint density at radius 2 is 1.98 bits per heavy atom. The Morgan fingerprint density at radius 3 is 2.64 bits per heavy atom. The number of alkyl carbamates (subject to hydrolysis) is 1. The van der Waals surface area contributed by atoms with Gasteiger partial charge in [-0.2, -0.15) is 20.0 Å². The first-order valence-corrected chi connectivity index (χ1v) is 14.5. The van der Waals surface area contributed by atoms with E-state index in [4.69, 9.17) is 26.8 Å². The number of halogens is 1. The molecular weight excluding hydrogens is 590 g/mol. The molecule has 3 heterocycles. The number of esters is 1. The van der Waals surface area contributed by atoms with Gasteiger partial charge in [-0.25, -0.2) is 9.78 Å². The first-order chi connectivity index (χ1) is 21.1. The molecule has 1 saturated carbocycles. The van der Waals surface area contributed by atoms with E-state index in [1.54, 1.807) is 12.1 Å². The molecule has 230 valence electrons. The number of ether oxygens (including phenoxy) is 2. The Hall–Kier alpha value is -4.86. The second-order valence-electron chi connectivity index (χ2n) is 11.0. The van der Waals surface area contributed by atoms with Gasteiger partial charge in [-0.3, -0.25) is 4.79 Å². The van der Waals surface area contributed by atoms with Crippen LogP contribution >= 0.6 is 11.6 Å². The third-order valence-corrected chi connectivity index (χ3v) is 7.87. The number of benzene rings is 1. The first-order valence-electron chi connectivity index (χ1n) is 14.1. The van der Waals surface area contributed by atoms with E-state index >= 15 is 0 Å². The van der Waals surface area contributed by atoms with E-state index in [1.807, 2.05) is 18.7 Å². The number of nitriles is 2. The summed E-state index contributed by atoms with van der Waals surface area (Å²) in [6, 6.07) is 6.29. The fraction of sp³-hybridized carbons (Fsp3) is 0.464. The SMILES string of the molecule is COC(=O)N[C@H]1CCN(c2cc(C#N)cc(Nc3nc(NC4CC4)c4ncc(C#N)n4n3)c2Cl)C[C@@H]1OC(=O)[C@H](N)C(C)C. The molecular formula is C28H32ClN11O4. The van der Waals surface area contributed by atoms with Crippen LogP contribution in [0.5, 0.6) is 0 Å². The number of hydrogen-bond donors (Lipinski definition) is 4. The Morgan fingerprint density at radius 1 is 1.20 bits per heavy atom. The van der Waals surface area contributed by atoms with Crippen LogP contribution in [0, 0.1) is 28.6 Å². The highest BCUT2D eigenvalue weighted by Gasteiger charge is 2.36. The normalized spacial score (nSPS) is 18.7. The monoisotopic (exact) mass is 621 g/mol. The summed E-state index contributed by atoms with van der Waals surface area (Å²) < 4.78 is 11.9. The zero-order chi connectivity index (χ0) is 31.5. The van der Waals surface area contributed by atoms with Crippen LogP contribution in [0.25, 0.3) is 5.65 Å². The number of carbonyl (C=O) groups excluding carboxylic acids is 2. The van der Waals surface area contributed by atoms with Gasteiger partial charge in [-0.1, -0.05) is 25.4 Å². The summed E-state index contributed by atoms with van der Waals surface area (Å²) in [4.78, 5) is 35.6. The number of hydrogen-bond acceptors (Lipinski definition) is 13. The molecule has 16 heteroatoms. The summed E-state index contributed by atoms with van der Waals surface area (Å²) in [7, 11) is 1.25. The van der Waals surface area contributed by atoms with Crippen LogP contribution < -0.4 is 26.6 Å². The Kier molecular flexibility index (Phi) is 8.89. The third kappa shape index (κ3) is 6.54. The Labute approximate surface area is 258 Å². The number of aromatic nitrogens is 4. The van der Waals surface area contributed by atoms with Gasteiger partial charge in [-0.05, 0) is 37.3 Å². The van der Waals surface area contributed by atoms with Crippen LogP contribution in [0.4, 0.5) is 27.9 Å². The van der Waals surface area contributed by atoms with Gasteiger partial charge < -0.3 is 36.1 Å². The van der Waals surface area contributed by atoms with Crippen molar-refractivity contribution in [1.29, 1.82) is 10.5 Å². The van der Waals surface area contributed by atoms with E-state index in [0.717, 1.165) is 12.8 Å². The van der Waals surface area contributed by atoms with E-state index in [2.05, 4.69) is 43.2 Å². The second-order valence-corrected chi connectivity index (χ2v) is 11.4. The first kappa shape index (κ1) is 30.6. The number of fused-ring (bicyclic) bond motifs is 1. The van der Waals surface area contributed by atoms with Gasteiger partial charge in [0.05, 0.1) is 53.9 Å². The molecule has 1 amide bonds. The van der Waals surface area contributed by atoms with Crippen molar-refractivity contribution >= 4 is 52.5 Å². The largest absolute Gasteiger partial charge is 0.457 e. The molecule has 2 aromatic heterocycles. The maximum absolute atomic E-state index is 12.8. The van der Waals surface area contributed by atoms with E-state index < -0.39 is 30.3 Å². The molecule has 1 aromatic carbocycles. The molecule has 2 fully saturated rings. The third-order valence-electron chi connectivity index (χ3n) is 7.47. The number of amides is 1. The van der Waals surface area contributed by atoms with Crippen molar-refractivity contribution in [3.63, 3.8) is 0 Å². The Balaban J connectivity index is 1.46. The quantitative estimate of drug-likeness (QED) is 0.254. The lowest BCUT2D eigenvalue weighted by Gasteiger charge is -2.40. The van der Waals surface area contributed by atoms with Crippen molar-refractivity contribution < 1.29 is 19.1 Å². The molecule has 5 rings (SSSR count). The lowest BCUT2D eigenvalue weighted by Crippen LogP contribution is -2.57. The predicted molar refractivity (Wildman–Crippen MR) is 160 cm³/mol. The van der Waals surface area contributed by atoms with Crippen LogP contribution in [0.2, 0.25) is 5.02 Å². The molecule has 15 nitrogen and oxygen atoms in total. The minimum Gasteiger partial charge on any atom is -0.457 e. The van der Waals surface area contributed by atoms with Gasteiger partial charge >= 0.3 is 12.1 Å². The van der Waals surface area contributed by atoms with Crippen LogP contribution in [0.1, 0.15) is 44.4 Å². The average molecular weight is 622 g/mol. The summed E-state index contributed by atoms with van der Waals surface area (Å²) >= 11 is 6.93. The molecule has 3 atom stereocenters. The van der Waals surface area contributed by atoms with Crippen LogP contribution in [0.15, 0.2) is 18.3 Å². The van der Waals surface area contributed by atoms with E-state index in [1.165, 1.54) is 17.8 Å². The molecule has 0 radical (unpaired) electrons. The topological polar surface area (TPSA) is 209 Å². The molecule has 3 aromatic rings. The molecule has 2 aliphatic rings. The average Bonchev–Trinajstić information content (AvgIpc) is 3.73. The molecule has 44 heavy (non-hydrogen) atoms. The predicted octanol–water partition coefficient (Wildman–Crippen LogP) is 2.67. The lowest BCUT2D eigenvalue weighted by atomic mass is 9.99. The summed E-state index contributed by atoms with van der Waals surface area (Å²) in [5, 5.41) is 33.3. The summed E-state index contributed by atoms with van der Waals surface area (Å²) in [5.74, 6) is -0.156. The van der Waals surface area contributed by atoms with Crippen LogP contribution in [-0.4, -0.2) is 76.1 Å². The van der Waals surface area contributed by atoms with Gasteiger partial charge in [0.1, 0.15) is 18.2 Å². The lowest BCUT2D eigenvalue weighted by molar-refractivity contribution is -0.153. The van der Waals surface area contributed by atoms with Crippen LogP contribution in [0.3, 0.4) is 0 Å². The summed E-state index contributed by atoms with van der Waals surface area (Å²) in [6.07, 6.45) is 2.35. The van der Waals surface area contributed by atoms with Gasteiger partial charge in [0.25, 0.3) is 0 Å². The number of carbonyl (C=O) groups is 2. The Bertz CT molecular complexity index is 1660. The summed E-state index contributed by atoms with van der Waals surface area (Å²) in [6.45, 7) is 4.18. The van der Waals surface area contributed by atoms with Crippen molar-refractivity contribution in [2.75, 3.05) is 35.7 Å². The van der Waals surface area contributed by atoms with Gasteiger partial charge in [-0.15, -0.1) is 5.10 Å². The molecule has 0 unspecified atom stereocenters. The molecule has 5 N–H and O–H groups in total. The highest BCUT2D eigenvalue weighted by molar-refractivity contribution is 6.36. The second kappa shape index (κ2) is 12.8. The zero-order valence-electron chi connectivity index (χ0n) is 24.4. The number of nitrogens with one attached hydrogen (secondary N) is 3. The van der Waals surface area contributed by atoms with E-state index in [9.17, 15) is 20.1 Å². The van der Waals surface area contributed by atoms with Crippen molar-refractivity contribution in [1.82, 2.24) is 24.9 Å². The molecule has 1 aliphatic carbocycles. The maximum Gasteiger partial charge on any atom is 0.407 e. The maximum atomic E-state index is 12.8.